The van der Waals surface area contributed by atoms with Gasteiger partial charge in [-0.2, -0.15) is 0 Å². The molecule has 0 amide bonds. The summed E-state index contributed by atoms with van der Waals surface area (Å²) < 4.78 is 0. The highest BCUT2D eigenvalue weighted by molar-refractivity contribution is 5.66. The van der Waals surface area contributed by atoms with Crippen molar-refractivity contribution in [1.82, 2.24) is 5.48 Å². The van der Waals surface area contributed by atoms with E-state index in [9.17, 15) is 4.79 Å². The Morgan fingerprint density at radius 2 is 2.30 bits per heavy atom. The molecule has 0 aliphatic carbocycles. The highest BCUT2D eigenvalue weighted by Gasteiger charge is 2.05. The molecule has 0 bridgehead atoms. The molecule has 0 radical (unpaired) electrons. The molecule has 0 spiro atoms. The monoisotopic (exact) mass is 147 g/mol. The van der Waals surface area contributed by atoms with Gasteiger partial charge in [0, 0.05) is 12.5 Å². The van der Waals surface area contributed by atoms with Crippen LogP contribution >= 0.6 is 0 Å². The summed E-state index contributed by atoms with van der Waals surface area (Å²) in [4.78, 5) is 10.0. The average molecular weight is 147 g/mol. The van der Waals surface area contributed by atoms with Crippen molar-refractivity contribution in [3.63, 3.8) is 0 Å². The van der Waals surface area contributed by atoms with Crippen LogP contribution in [-0.2, 0) is 4.79 Å². The van der Waals surface area contributed by atoms with Crippen LogP contribution in [0.4, 0.5) is 0 Å². The summed E-state index contributed by atoms with van der Waals surface area (Å²) >= 11 is 0. The number of hydrogen-bond donors (Lipinski definition) is 3. The van der Waals surface area contributed by atoms with E-state index in [0.717, 1.165) is 6.42 Å². The van der Waals surface area contributed by atoms with E-state index in [-0.39, 0.29) is 12.5 Å². The normalized spacial score (nSPS) is 13.0. The second kappa shape index (κ2) is 5.20. The lowest BCUT2D eigenvalue weighted by Gasteiger charge is -2.09. The highest BCUT2D eigenvalue weighted by Crippen LogP contribution is 1.99. The molecule has 0 aromatic rings. The third kappa shape index (κ3) is 4.29. The first-order valence-corrected chi connectivity index (χ1v) is 3.32. The molecule has 4 nitrogen and oxygen atoms in total. The van der Waals surface area contributed by atoms with E-state index in [2.05, 4.69) is 0 Å². The molecule has 1 atom stereocenters. The van der Waals surface area contributed by atoms with Crippen molar-refractivity contribution in [2.75, 3.05) is 0 Å². The Hall–Kier alpha value is -0.610. The van der Waals surface area contributed by atoms with Gasteiger partial charge in [-0.05, 0) is 12.8 Å². The SMILES string of the molecule is CCC(CCC(=O)O)NO. The Balaban J connectivity index is 3.34. The third-order valence-electron chi connectivity index (χ3n) is 1.38. The fourth-order valence-electron chi connectivity index (χ4n) is 0.658. The van der Waals surface area contributed by atoms with Gasteiger partial charge in [0.05, 0.1) is 0 Å². The third-order valence-corrected chi connectivity index (χ3v) is 1.38. The van der Waals surface area contributed by atoms with Gasteiger partial charge in [-0.1, -0.05) is 6.92 Å². The van der Waals surface area contributed by atoms with Gasteiger partial charge in [-0.25, -0.2) is 5.48 Å². The van der Waals surface area contributed by atoms with Gasteiger partial charge >= 0.3 is 5.97 Å². The van der Waals surface area contributed by atoms with Crippen molar-refractivity contribution < 1.29 is 15.1 Å². The van der Waals surface area contributed by atoms with E-state index in [4.69, 9.17) is 10.3 Å². The minimum Gasteiger partial charge on any atom is -0.481 e. The van der Waals surface area contributed by atoms with Crippen molar-refractivity contribution in [2.24, 2.45) is 0 Å². The first-order valence-electron chi connectivity index (χ1n) is 3.32. The van der Waals surface area contributed by atoms with Crippen LogP contribution in [0.3, 0.4) is 0 Å². The highest BCUT2D eigenvalue weighted by atomic mass is 16.5. The smallest absolute Gasteiger partial charge is 0.303 e. The molecule has 10 heavy (non-hydrogen) atoms. The second-order valence-corrected chi connectivity index (χ2v) is 2.17. The largest absolute Gasteiger partial charge is 0.481 e. The molecule has 0 fully saturated rings. The van der Waals surface area contributed by atoms with Gasteiger partial charge in [0.25, 0.3) is 0 Å². The van der Waals surface area contributed by atoms with Crippen molar-refractivity contribution in [2.45, 2.75) is 32.2 Å². The summed E-state index contributed by atoms with van der Waals surface area (Å²) in [5.41, 5.74) is 2.04. The van der Waals surface area contributed by atoms with E-state index in [0.29, 0.717) is 6.42 Å². The van der Waals surface area contributed by atoms with Gasteiger partial charge in [0.2, 0.25) is 0 Å². The van der Waals surface area contributed by atoms with Crippen molar-refractivity contribution >= 4 is 5.97 Å². The molecule has 60 valence electrons. The van der Waals surface area contributed by atoms with Crippen LogP contribution in [0.1, 0.15) is 26.2 Å². The fraction of sp³-hybridized carbons (Fsp3) is 0.833. The summed E-state index contributed by atoms with van der Waals surface area (Å²) in [6, 6.07) is -0.0869. The van der Waals surface area contributed by atoms with E-state index < -0.39 is 5.97 Å². The minimum atomic E-state index is -0.825. The molecular formula is C6H13NO3. The Morgan fingerprint density at radius 1 is 1.70 bits per heavy atom. The number of nitrogens with one attached hydrogen (secondary N) is 1. The summed E-state index contributed by atoms with van der Waals surface area (Å²) in [6.07, 6.45) is 1.32. The molecule has 0 aliphatic heterocycles. The molecule has 0 rings (SSSR count). The average Bonchev–Trinajstić information content (AvgIpc) is 1.90. The lowest BCUT2D eigenvalue weighted by molar-refractivity contribution is -0.137. The zero-order valence-corrected chi connectivity index (χ0v) is 6.00. The summed E-state index contributed by atoms with van der Waals surface area (Å²) in [5.74, 6) is -0.825. The van der Waals surface area contributed by atoms with E-state index >= 15 is 0 Å². The number of carboxylic acid groups (broad SMARTS) is 1. The van der Waals surface area contributed by atoms with Crippen LogP contribution in [-0.4, -0.2) is 22.3 Å². The number of hydrogen-bond acceptors (Lipinski definition) is 3. The molecule has 3 N–H and O–H groups in total. The zero-order chi connectivity index (χ0) is 7.98. The van der Waals surface area contributed by atoms with Crippen LogP contribution < -0.4 is 5.48 Å². The fourth-order valence-corrected chi connectivity index (χ4v) is 0.658. The van der Waals surface area contributed by atoms with E-state index in [1.807, 2.05) is 12.4 Å². The molecular weight excluding hydrogens is 134 g/mol. The summed E-state index contributed by atoms with van der Waals surface area (Å²) in [5, 5.41) is 16.6. The van der Waals surface area contributed by atoms with Crippen LogP contribution in [0.15, 0.2) is 0 Å². The molecule has 0 heterocycles. The maximum Gasteiger partial charge on any atom is 0.303 e. The molecule has 0 aliphatic rings. The van der Waals surface area contributed by atoms with Crippen LogP contribution in [0, 0.1) is 0 Å². The van der Waals surface area contributed by atoms with Crippen molar-refractivity contribution in [3.05, 3.63) is 0 Å². The van der Waals surface area contributed by atoms with Crippen LogP contribution in [0.2, 0.25) is 0 Å². The topological polar surface area (TPSA) is 69.6 Å². The maximum atomic E-state index is 10.0. The lowest BCUT2D eigenvalue weighted by atomic mass is 10.1. The predicted molar refractivity (Wildman–Crippen MR) is 35.9 cm³/mol. The summed E-state index contributed by atoms with van der Waals surface area (Å²) in [6.45, 7) is 1.88. The number of hydroxylamine groups is 1. The standard InChI is InChI=1S/C6H13NO3/c1-2-5(7-10)3-4-6(8)9/h5,7,10H,2-4H2,1H3,(H,8,9). The Labute approximate surface area is 59.8 Å². The second-order valence-electron chi connectivity index (χ2n) is 2.17. The number of rotatable bonds is 5. The molecule has 0 aromatic heterocycles. The Kier molecular flexibility index (Phi) is 4.88. The van der Waals surface area contributed by atoms with Gasteiger partial charge in [0.1, 0.15) is 0 Å². The van der Waals surface area contributed by atoms with Crippen molar-refractivity contribution in [1.29, 1.82) is 0 Å². The van der Waals surface area contributed by atoms with Gasteiger partial charge in [-0.15, -0.1) is 0 Å². The summed E-state index contributed by atoms with van der Waals surface area (Å²) in [7, 11) is 0. The molecule has 0 saturated heterocycles. The lowest BCUT2D eigenvalue weighted by Crippen LogP contribution is -2.25. The first-order chi connectivity index (χ1) is 4.70. The number of carbonyl (C=O) groups is 1. The minimum absolute atomic E-state index is 0.0869. The first kappa shape index (κ1) is 9.39. The molecule has 4 heteroatoms. The van der Waals surface area contributed by atoms with Crippen LogP contribution in [0.5, 0.6) is 0 Å². The maximum absolute atomic E-state index is 10.0. The predicted octanol–water partition coefficient (Wildman–Crippen LogP) is 0.609. The molecule has 1 unspecified atom stereocenters. The number of carboxylic acids is 1. The van der Waals surface area contributed by atoms with Gasteiger partial charge in [0.15, 0.2) is 0 Å². The van der Waals surface area contributed by atoms with E-state index in [1.54, 1.807) is 0 Å². The van der Waals surface area contributed by atoms with Crippen molar-refractivity contribution in [3.8, 4) is 0 Å². The van der Waals surface area contributed by atoms with Gasteiger partial charge in [-0.3, -0.25) is 4.79 Å². The van der Waals surface area contributed by atoms with Gasteiger partial charge < -0.3 is 10.3 Å². The quantitative estimate of drug-likeness (QED) is 0.498. The zero-order valence-electron chi connectivity index (χ0n) is 6.00. The van der Waals surface area contributed by atoms with Crippen LogP contribution in [0.25, 0.3) is 0 Å². The Morgan fingerprint density at radius 3 is 2.60 bits per heavy atom. The number of aliphatic carboxylic acids is 1. The molecule has 0 saturated carbocycles. The van der Waals surface area contributed by atoms with E-state index in [1.165, 1.54) is 0 Å². The molecule has 0 aromatic carbocycles. The Bertz CT molecular complexity index is 101.